The first kappa shape index (κ1) is 24.0. The molecule has 0 radical (unpaired) electrons. The number of aryl methyl sites for hydroxylation is 1. The molecule has 1 aromatic rings. The number of nitrogens with one attached hydrogen (secondary N) is 2. The maximum absolute atomic E-state index is 12.1. The van der Waals surface area contributed by atoms with Crippen LogP contribution in [-0.2, 0) is 4.79 Å². The van der Waals surface area contributed by atoms with Gasteiger partial charge in [0.25, 0.3) is 0 Å². The summed E-state index contributed by atoms with van der Waals surface area (Å²) >= 11 is 2.05. The molecule has 1 aliphatic heterocycles. The molecule has 8 heteroatoms. The normalized spacial score (nSPS) is 17.4. The number of nitrogens with zero attached hydrogens (tertiary/aromatic N) is 3. The Hall–Kier alpha value is -1.03. The van der Waals surface area contributed by atoms with Gasteiger partial charge in [0.15, 0.2) is 5.96 Å². The molecule has 1 atom stereocenters. The van der Waals surface area contributed by atoms with Crippen LogP contribution in [0.3, 0.4) is 0 Å². The number of pyridine rings is 1. The molecule has 1 aliphatic rings. The third kappa shape index (κ3) is 8.25. The average molecular weight is 505 g/mol. The summed E-state index contributed by atoms with van der Waals surface area (Å²) in [6.45, 7) is 11.9. The number of carbonyl (C=O) groups is 1. The molecule has 6 nitrogen and oxygen atoms in total. The minimum atomic E-state index is -0.0600. The highest BCUT2D eigenvalue weighted by atomic mass is 127. The van der Waals surface area contributed by atoms with Crippen molar-refractivity contribution in [1.82, 2.24) is 15.2 Å². The monoisotopic (exact) mass is 505 g/mol. The molecular formula is C19H32IN5OS. The van der Waals surface area contributed by atoms with Gasteiger partial charge in [-0.05, 0) is 31.4 Å². The van der Waals surface area contributed by atoms with Crippen LogP contribution in [0.25, 0.3) is 0 Å². The molecule has 1 fully saturated rings. The van der Waals surface area contributed by atoms with Gasteiger partial charge in [0.05, 0.1) is 6.54 Å². The van der Waals surface area contributed by atoms with Crippen molar-refractivity contribution in [2.24, 2.45) is 10.9 Å². The molecule has 1 aromatic heterocycles. The highest BCUT2D eigenvalue weighted by Crippen LogP contribution is 2.24. The quantitative estimate of drug-likeness (QED) is 0.353. The van der Waals surface area contributed by atoms with Crippen LogP contribution in [0.1, 0.15) is 32.8 Å². The van der Waals surface area contributed by atoms with E-state index < -0.39 is 0 Å². The highest BCUT2D eigenvalue weighted by Gasteiger charge is 2.24. The van der Waals surface area contributed by atoms with Crippen LogP contribution >= 0.6 is 35.7 Å². The van der Waals surface area contributed by atoms with Gasteiger partial charge in [0, 0.05) is 43.3 Å². The number of hydrogen-bond acceptors (Lipinski definition) is 4. The van der Waals surface area contributed by atoms with Crippen molar-refractivity contribution in [3.8, 4) is 0 Å². The lowest BCUT2D eigenvalue weighted by Gasteiger charge is -2.36. The van der Waals surface area contributed by atoms with Crippen LogP contribution in [0.2, 0.25) is 0 Å². The second-order valence-electron chi connectivity index (χ2n) is 6.85. The first-order chi connectivity index (χ1) is 12.5. The van der Waals surface area contributed by atoms with Gasteiger partial charge in [0.1, 0.15) is 5.82 Å². The number of aromatic nitrogens is 1. The summed E-state index contributed by atoms with van der Waals surface area (Å²) in [5.74, 6) is 3.21. The molecular weight excluding hydrogens is 473 g/mol. The van der Waals surface area contributed by atoms with Crippen molar-refractivity contribution in [1.29, 1.82) is 0 Å². The van der Waals surface area contributed by atoms with Gasteiger partial charge in [-0.3, -0.25) is 9.79 Å². The Kier molecular flexibility index (Phi) is 11.1. The molecule has 27 heavy (non-hydrogen) atoms. The third-order valence-electron chi connectivity index (χ3n) is 4.25. The number of carbonyl (C=O) groups excluding carboxylic acids is 1. The highest BCUT2D eigenvalue weighted by molar-refractivity contribution is 14.0. The molecule has 0 saturated carbocycles. The molecule has 0 aromatic carbocycles. The van der Waals surface area contributed by atoms with Gasteiger partial charge < -0.3 is 15.5 Å². The van der Waals surface area contributed by atoms with Gasteiger partial charge in [-0.1, -0.05) is 19.9 Å². The maximum Gasteiger partial charge on any atom is 0.227 e. The summed E-state index contributed by atoms with van der Waals surface area (Å²) in [6, 6.07) is 3.75. The summed E-state index contributed by atoms with van der Waals surface area (Å²) in [5, 5.41) is 6.81. The van der Waals surface area contributed by atoms with E-state index in [1.54, 1.807) is 6.20 Å². The Morgan fingerprint density at radius 2 is 2.22 bits per heavy atom. The number of thioether (sulfide) groups is 1. The predicted octanol–water partition coefficient (Wildman–Crippen LogP) is 3.38. The lowest BCUT2D eigenvalue weighted by atomic mass is 10.1. The first-order valence-corrected chi connectivity index (χ1v) is 10.4. The SMILES string of the molecule is CCNC(=NCCC(=O)Nc1ccc(C)cn1)N1CCSC(C(C)C)C1.I. The van der Waals surface area contributed by atoms with Crippen LogP contribution in [-0.4, -0.2) is 58.9 Å². The first-order valence-electron chi connectivity index (χ1n) is 9.37. The van der Waals surface area contributed by atoms with Gasteiger partial charge in [-0.15, -0.1) is 24.0 Å². The second kappa shape index (κ2) is 12.4. The van der Waals surface area contributed by atoms with Gasteiger partial charge >= 0.3 is 0 Å². The smallest absolute Gasteiger partial charge is 0.227 e. The molecule has 1 saturated heterocycles. The van der Waals surface area contributed by atoms with E-state index in [1.807, 2.05) is 30.8 Å². The van der Waals surface area contributed by atoms with Gasteiger partial charge in [-0.2, -0.15) is 11.8 Å². The van der Waals surface area contributed by atoms with Crippen molar-refractivity contribution in [3.63, 3.8) is 0 Å². The lowest BCUT2D eigenvalue weighted by Crippen LogP contribution is -2.49. The summed E-state index contributed by atoms with van der Waals surface area (Å²) in [6.07, 6.45) is 2.09. The van der Waals surface area contributed by atoms with E-state index in [1.165, 1.54) is 0 Å². The van der Waals surface area contributed by atoms with E-state index in [-0.39, 0.29) is 29.9 Å². The van der Waals surface area contributed by atoms with Crippen molar-refractivity contribution in [2.75, 3.05) is 37.2 Å². The molecule has 0 aliphatic carbocycles. The van der Waals surface area contributed by atoms with Gasteiger partial charge in [-0.25, -0.2) is 4.98 Å². The van der Waals surface area contributed by atoms with E-state index in [9.17, 15) is 4.79 Å². The molecule has 2 N–H and O–H groups in total. The molecule has 0 bridgehead atoms. The Labute approximate surface area is 184 Å². The van der Waals surface area contributed by atoms with Crippen LogP contribution in [0.15, 0.2) is 23.3 Å². The van der Waals surface area contributed by atoms with E-state index >= 15 is 0 Å². The van der Waals surface area contributed by atoms with Gasteiger partial charge in [0.2, 0.25) is 5.91 Å². The molecule has 152 valence electrons. The van der Waals surface area contributed by atoms with E-state index in [0.29, 0.717) is 30.0 Å². The fourth-order valence-corrected chi connectivity index (χ4v) is 4.01. The second-order valence-corrected chi connectivity index (χ2v) is 8.20. The number of guanidine groups is 1. The van der Waals surface area contributed by atoms with E-state index in [4.69, 9.17) is 0 Å². The zero-order chi connectivity index (χ0) is 18.9. The van der Waals surface area contributed by atoms with Crippen LogP contribution < -0.4 is 10.6 Å². The van der Waals surface area contributed by atoms with Crippen LogP contribution in [0.5, 0.6) is 0 Å². The Morgan fingerprint density at radius 3 is 2.85 bits per heavy atom. The average Bonchev–Trinajstić information content (AvgIpc) is 2.63. The van der Waals surface area contributed by atoms with Crippen molar-refractivity contribution >= 4 is 53.4 Å². The summed E-state index contributed by atoms with van der Waals surface area (Å²) in [7, 11) is 0. The van der Waals surface area contributed by atoms with E-state index in [0.717, 1.165) is 36.9 Å². The minimum absolute atomic E-state index is 0. The molecule has 2 heterocycles. The number of rotatable bonds is 6. The number of hydrogen-bond donors (Lipinski definition) is 2. The Balaban J connectivity index is 0.00000364. The topological polar surface area (TPSA) is 69.6 Å². The molecule has 0 spiro atoms. The number of anilines is 1. The summed E-state index contributed by atoms with van der Waals surface area (Å²) in [5.41, 5.74) is 1.07. The zero-order valence-electron chi connectivity index (χ0n) is 16.7. The number of halogens is 1. The Bertz CT molecular complexity index is 609. The fraction of sp³-hybridized carbons (Fsp3) is 0.632. The summed E-state index contributed by atoms with van der Waals surface area (Å²) in [4.78, 5) is 23.3. The zero-order valence-corrected chi connectivity index (χ0v) is 19.8. The number of aliphatic imine (C=N–C) groups is 1. The van der Waals surface area contributed by atoms with E-state index in [2.05, 4.69) is 46.3 Å². The van der Waals surface area contributed by atoms with Crippen molar-refractivity contribution < 1.29 is 4.79 Å². The standard InChI is InChI=1S/C19H31N5OS.HI/c1-5-20-19(24-10-11-26-16(13-24)14(2)3)21-9-8-18(25)23-17-7-6-15(4)12-22-17;/h6-7,12,14,16H,5,8-11,13H2,1-4H3,(H,20,21)(H,22,23,25);1H. The van der Waals surface area contributed by atoms with Crippen LogP contribution in [0.4, 0.5) is 5.82 Å². The minimum Gasteiger partial charge on any atom is -0.357 e. The predicted molar refractivity (Wildman–Crippen MR) is 126 cm³/mol. The largest absolute Gasteiger partial charge is 0.357 e. The summed E-state index contributed by atoms with van der Waals surface area (Å²) < 4.78 is 0. The Morgan fingerprint density at radius 1 is 1.44 bits per heavy atom. The molecule has 2 rings (SSSR count). The van der Waals surface area contributed by atoms with Crippen LogP contribution in [0, 0.1) is 12.8 Å². The fourth-order valence-electron chi connectivity index (χ4n) is 2.71. The van der Waals surface area contributed by atoms with Crippen molar-refractivity contribution in [2.45, 2.75) is 39.4 Å². The maximum atomic E-state index is 12.1. The number of amides is 1. The lowest BCUT2D eigenvalue weighted by molar-refractivity contribution is -0.116. The molecule has 1 amide bonds. The molecule has 1 unspecified atom stereocenters. The van der Waals surface area contributed by atoms with Crippen molar-refractivity contribution in [3.05, 3.63) is 23.9 Å². The third-order valence-corrected chi connectivity index (χ3v) is 5.79.